The minimum atomic E-state index is -2.15. The molecule has 1 atom stereocenters. The molecule has 45 heavy (non-hydrogen) atoms. The third kappa shape index (κ3) is 8.68. The van der Waals surface area contributed by atoms with Gasteiger partial charge in [0.1, 0.15) is 23.9 Å². The lowest BCUT2D eigenvalue weighted by atomic mass is 10.0. The van der Waals surface area contributed by atoms with E-state index in [1.54, 1.807) is 6.92 Å². The number of nitrogens with one attached hydrogen (secondary N) is 1. The van der Waals surface area contributed by atoms with Crippen LogP contribution >= 0.6 is 0 Å². The molecule has 0 bridgehead atoms. The SMILES string of the molecule is Cc1noc(C)c1-c1nc(-c2cccc(OCC(CCOC(N)=O)O[Si](C)(C)C(C)(C)C)c2)nc(NC2CCOCC2)c1C=O. The summed E-state index contributed by atoms with van der Waals surface area (Å²) in [6.45, 7) is 16.1. The summed E-state index contributed by atoms with van der Waals surface area (Å²) in [7, 11) is -2.15. The minimum absolute atomic E-state index is 0.0178. The Morgan fingerprint density at radius 2 is 1.93 bits per heavy atom. The summed E-state index contributed by atoms with van der Waals surface area (Å²) in [6, 6.07) is 7.56. The number of aromatic nitrogens is 3. The molecular weight excluding hydrogens is 594 g/mol. The number of benzene rings is 1. The summed E-state index contributed by atoms with van der Waals surface area (Å²) < 4.78 is 28.8. The van der Waals surface area contributed by atoms with Gasteiger partial charge in [-0.3, -0.25) is 4.79 Å². The number of hydrogen-bond acceptors (Lipinski definition) is 11. The quantitative estimate of drug-likeness (QED) is 0.165. The third-order valence-electron chi connectivity index (χ3n) is 8.38. The zero-order chi connectivity index (χ0) is 32.8. The van der Waals surface area contributed by atoms with Crippen LogP contribution in [0.15, 0.2) is 28.8 Å². The van der Waals surface area contributed by atoms with Crippen molar-refractivity contribution in [3.05, 3.63) is 41.3 Å². The van der Waals surface area contributed by atoms with E-state index in [4.69, 9.17) is 38.9 Å². The Kier molecular flexibility index (Phi) is 11.0. The molecule has 2 aromatic heterocycles. The Morgan fingerprint density at radius 1 is 1.20 bits per heavy atom. The summed E-state index contributed by atoms with van der Waals surface area (Å²) >= 11 is 0. The highest BCUT2D eigenvalue weighted by Gasteiger charge is 2.39. The van der Waals surface area contributed by atoms with Crippen molar-refractivity contribution in [2.45, 2.75) is 84.2 Å². The molecule has 1 fully saturated rings. The maximum atomic E-state index is 12.5. The molecule has 4 rings (SSSR count). The molecule has 0 aliphatic carbocycles. The number of nitrogens with two attached hydrogens (primary N) is 1. The smallest absolute Gasteiger partial charge is 0.404 e. The molecule has 244 valence electrons. The van der Waals surface area contributed by atoms with Crippen LogP contribution in [0.3, 0.4) is 0 Å². The topological polar surface area (TPSA) is 161 Å². The average molecular weight is 640 g/mol. The molecule has 1 aliphatic rings. The second-order valence-electron chi connectivity index (χ2n) is 12.8. The van der Waals surface area contributed by atoms with Crippen molar-refractivity contribution in [3.63, 3.8) is 0 Å². The summed E-state index contributed by atoms with van der Waals surface area (Å²) in [5, 5.41) is 7.54. The van der Waals surface area contributed by atoms with Crippen molar-refractivity contribution in [1.29, 1.82) is 0 Å². The Balaban J connectivity index is 1.65. The van der Waals surface area contributed by atoms with Crippen molar-refractivity contribution in [2.24, 2.45) is 5.73 Å². The number of aryl methyl sites for hydroxylation is 2. The zero-order valence-corrected chi connectivity index (χ0v) is 28.3. The summed E-state index contributed by atoms with van der Waals surface area (Å²) in [4.78, 5) is 33.3. The summed E-state index contributed by atoms with van der Waals surface area (Å²) in [5.74, 6) is 2.01. The monoisotopic (exact) mass is 639 g/mol. The van der Waals surface area contributed by atoms with Gasteiger partial charge in [0.25, 0.3) is 0 Å². The van der Waals surface area contributed by atoms with Crippen LogP contribution < -0.4 is 15.8 Å². The van der Waals surface area contributed by atoms with Gasteiger partial charge in [-0.15, -0.1) is 0 Å². The number of carbonyl (C=O) groups is 2. The van der Waals surface area contributed by atoms with E-state index in [-0.39, 0.29) is 30.4 Å². The first-order valence-electron chi connectivity index (χ1n) is 15.3. The number of carbonyl (C=O) groups excluding carboxylic acids is 2. The van der Waals surface area contributed by atoms with Crippen molar-refractivity contribution in [3.8, 4) is 28.4 Å². The number of amides is 1. The highest BCUT2D eigenvalue weighted by Crippen LogP contribution is 2.38. The molecule has 1 aromatic carbocycles. The molecule has 3 N–H and O–H groups in total. The van der Waals surface area contributed by atoms with Crippen LogP contribution in [-0.4, -0.2) is 74.4 Å². The molecule has 3 aromatic rings. The van der Waals surface area contributed by atoms with E-state index in [1.165, 1.54) is 0 Å². The van der Waals surface area contributed by atoms with Crippen LogP contribution in [0.2, 0.25) is 18.1 Å². The normalized spacial score (nSPS) is 15.0. The van der Waals surface area contributed by atoms with Gasteiger partial charge in [0, 0.05) is 31.2 Å². The first-order valence-corrected chi connectivity index (χ1v) is 18.2. The second kappa shape index (κ2) is 14.5. The van der Waals surface area contributed by atoms with E-state index in [9.17, 15) is 9.59 Å². The molecular formula is C32H45N5O7Si. The molecule has 1 saturated heterocycles. The van der Waals surface area contributed by atoms with Gasteiger partial charge in [0.05, 0.1) is 35.2 Å². The summed E-state index contributed by atoms with van der Waals surface area (Å²) in [5.41, 5.74) is 7.96. The van der Waals surface area contributed by atoms with E-state index in [0.29, 0.717) is 70.9 Å². The molecule has 1 unspecified atom stereocenters. The molecule has 0 saturated carbocycles. The number of anilines is 1. The Morgan fingerprint density at radius 3 is 2.56 bits per heavy atom. The predicted octanol–water partition coefficient (Wildman–Crippen LogP) is 6.07. The molecule has 12 nitrogen and oxygen atoms in total. The fourth-order valence-electron chi connectivity index (χ4n) is 4.84. The highest BCUT2D eigenvalue weighted by molar-refractivity contribution is 6.74. The first-order chi connectivity index (χ1) is 21.3. The lowest BCUT2D eigenvalue weighted by molar-refractivity contribution is 0.0809. The van der Waals surface area contributed by atoms with Crippen molar-refractivity contribution >= 4 is 26.5 Å². The fourth-order valence-corrected chi connectivity index (χ4v) is 6.21. The van der Waals surface area contributed by atoms with Gasteiger partial charge < -0.3 is 34.2 Å². The van der Waals surface area contributed by atoms with Crippen molar-refractivity contribution in [1.82, 2.24) is 15.1 Å². The molecule has 0 radical (unpaired) electrons. The van der Waals surface area contributed by atoms with Gasteiger partial charge in [0.15, 0.2) is 20.4 Å². The molecule has 3 heterocycles. The Labute approximate surface area is 265 Å². The number of primary amides is 1. The zero-order valence-electron chi connectivity index (χ0n) is 27.3. The Bertz CT molecular complexity index is 1460. The summed E-state index contributed by atoms with van der Waals surface area (Å²) in [6.07, 6.45) is 1.66. The van der Waals surface area contributed by atoms with Crippen molar-refractivity contribution in [2.75, 3.05) is 31.7 Å². The van der Waals surface area contributed by atoms with Crippen LogP contribution in [0, 0.1) is 13.8 Å². The van der Waals surface area contributed by atoms with Gasteiger partial charge in [-0.2, -0.15) is 0 Å². The van der Waals surface area contributed by atoms with E-state index in [1.807, 2.05) is 31.2 Å². The molecule has 1 aliphatic heterocycles. The number of nitrogens with zero attached hydrogens (tertiary/aromatic N) is 3. The molecule has 13 heteroatoms. The standard InChI is InChI=1S/C32H45N5O7Si/c1-20-27(21(2)43-37-20)28-26(18-38)30(34-23-11-14-40-15-12-23)36-29(35-28)22-9-8-10-24(17-22)42-19-25(13-16-41-31(33)39)44-45(6,7)32(3,4)5/h8-10,17-18,23,25H,11-16,19H2,1-7H3,(H2,33,39)(H,34,35,36). The number of rotatable bonds is 13. The van der Waals surface area contributed by atoms with E-state index in [2.05, 4.69) is 44.3 Å². The second-order valence-corrected chi connectivity index (χ2v) is 17.6. The van der Waals surface area contributed by atoms with Gasteiger partial charge in [-0.1, -0.05) is 38.1 Å². The van der Waals surface area contributed by atoms with Crippen LogP contribution in [-0.2, 0) is 13.9 Å². The van der Waals surface area contributed by atoms with Crippen LogP contribution in [0.1, 0.15) is 61.8 Å². The van der Waals surface area contributed by atoms with E-state index < -0.39 is 14.4 Å². The average Bonchev–Trinajstić information content (AvgIpc) is 3.32. The van der Waals surface area contributed by atoms with E-state index >= 15 is 0 Å². The predicted molar refractivity (Wildman–Crippen MR) is 173 cm³/mol. The highest BCUT2D eigenvalue weighted by atomic mass is 28.4. The van der Waals surface area contributed by atoms with Crippen LogP contribution in [0.4, 0.5) is 10.6 Å². The van der Waals surface area contributed by atoms with Crippen LogP contribution in [0.5, 0.6) is 5.75 Å². The van der Waals surface area contributed by atoms with Gasteiger partial charge >= 0.3 is 6.09 Å². The molecule has 0 spiro atoms. The van der Waals surface area contributed by atoms with Gasteiger partial charge in [0.2, 0.25) is 0 Å². The number of hydrogen-bond donors (Lipinski definition) is 2. The van der Waals surface area contributed by atoms with E-state index in [0.717, 1.165) is 19.1 Å². The maximum Gasteiger partial charge on any atom is 0.404 e. The Hall–Kier alpha value is -3.81. The molecule has 1 amide bonds. The maximum absolute atomic E-state index is 12.5. The van der Waals surface area contributed by atoms with Crippen molar-refractivity contribution < 1.29 is 32.7 Å². The lowest BCUT2D eigenvalue weighted by Crippen LogP contribution is -2.45. The number of ether oxygens (including phenoxy) is 3. The fraction of sp³-hybridized carbons (Fsp3) is 0.531. The minimum Gasteiger partial charge on any atom is -0.491 e. The largest absolute Gasteiger partial charge is 0.491 e. The van der Waals surface area contributed by atoms with Crippen LogP contribution in [0.25, 0.3) is 22.6 Å². The lowest BCUT2D eigenvalue weighted by Gasteiger charge is -2.39. The van der Waals surface area contributed by atoms with Gasteiger partial charge in [-0.05, 0) is 57.0 Å². The third-order valence-corrected chi connectivity index (χ3v) is 12.9. The number of aldehydes is 1. The van der Waals surface area contributed by atoms with Gasteiger partial charge in [-0.25, -0.2) is 14.8 Å². The first kappa shape index (κ1) is 34.1.